The van der Waals surface area contributed by atoms with Crippen molar-refractivity contribution in [3.63, 3.8) is 0 Å². The Labute approximate surface area is 96.7 Å². The van der Waals surface area contributed by atoms with Crippen molar-refractivity contribution in [2.75, 3.05) is 5.73 Å². The number of carbonyl (C=O) groups excluding carboxylic acids is 1. The summed E-state index contributed by atoms with van der Waals surface area (Å²) in [5.74, 6) is -2.46. The summed E-state index contributed by atoms with van der Waals surface area (Å²) in [6, 6.07) is 9.48. The molecule has 0 heterocycles. The summed E-state index contributed by atoms with van der Waals surface area (Å²) in [6.45, 7) is 0. The number of hydrogen-bond donors (Lipinski definition) is 1. The van der Waals surface area contributed by atoms with Crippen LogP contribution in [-0.4, -0.2) is 5.78 Å². The van der Waals surface area contributed by atoms with E-state index in [2.05, 4.69) is 0 Å². The van der Waals surface area contributed by atoms with Crippen molar-refractivity contribution in [1.29, 1.82) is 0 Å². The van der Waals surface area contributed by atoms with Crippen LogP contribution in [0.4, 0.5) is 14.5 Å². The van der Waals surface area contributed by atoms with Gasteiger partial charge in [-0.3, -0.25) is 4.79 Å². The van der Waals surface area contributed by atoms with Crippen LogP contribution >= 0.6 is 0 Å². The number of benzene rings is 2. The second-order valence-corrected chi connectivity index (χ2v) is 3.55. The van der Waals surface area contributed by atoms with Crippen LogP contribution in [0.25, 0.3) is 0 Å². The highest BCUT2D eigenvalue weighted by atomic mass is 19.2. The molecule has 2 nitrogen and oxygen atoms in total. The number of ketones is 1. The van der Waals surface area contributed by atoms with E-state index in [4.69, 9.17) is 5.73 Å². The summed E-state index contributed by atoms with van der Waals surface area (Å²) in [5, 5.41) is 0. The molecule has 0 aliphatic heterocycles. The number of carbonyl (C=O) groups is 1. The van der Waals surface area contributed by atoms with Gasteiger partial charge in [0, 0.05) is 16.8 Å². The van der Waals surface area contributed by atoms with E-state index < -0.39 is 17.4 Å². The zero-order valence-electron chi connectivity index (χ0n) is 8.78. The van der Waals surface area contributed by atoms with Crippen LogP contribution in [0.15, 0.2) is 42.5 Å². The van der Waals surface area contributed by atoms with Gasteiger partial charge in [0.25, 0.3) is 0 Å². The first kappa shape index (κ1) is 11.3. The average molecular weight is 233 g/mol. The van der Waals surface area contributed by atoms with Crippen molar-refractivity contribution in [2.24, 2.45) is 0 Å². The van der Waals surface area contributed by atoms with Crippen LogP contribution < -0.4 is 5.73 Å². The lowest BCUT2D eigenvalue weighted by atomic mass is 10.0. The first-order valence-corrected chi connectivity index (χ1v) is 4.94. The summed E-state index contributed by atoms with van der Waals surface area (Å²) < 4.78 is 25.7. The van der Waals surface area contributed by atoms with Crippen molar-refractivity contribution < 1.29 is 13.6 Å². The third kappa shape index (κ3) is 2.15. The fourth-order valence-corrected chi connectivity index (χ4v) is 1.50. The molecule has 0 fully saturated rings. The SMILES string of the molecule is Nc1ccccc1C(=O)c1ccc(F)c(F)c1. The minimum Gasteiger partial charge on any atom is -0.398 e. The lowest BCUT2D eigenvalue weighted by Gasteiger charge is -2.04. The lowest BCUT2D eigenvalue weighted by molar-refractivity contribution is 0.103. The molecule has 2 rings (SSSR count). The number of rotatable bonds is 2. The molecule has 0 aromatic heterocycles. The number of anilines is 1. The molecule has 2 aromatic carbocycles. The van der Waals surface area contributed by atoms with Crippen LogP contribution in [0.2, 0.25) is 0 Å². The van der Waals surface area contributed by atoms with E-state index in [9.17, 15) is 13.6 Å². The van der Waals surface area contributed by atoms with Crippen LogP contribution in [0.5, 0.6) is 0 Å². The van der Waals surface area contributed by atoms with Crippen molar-refractivity contribution in [2.45, 2.75) is 0 Å². The highest BCUT2D eigenvalue weighted by molar-refractivity contribution is 6.12. The normalized spacial score (nSPS) is 10.2. The van der Waals surface area contributed by atoms with E-state index in [1.807, 2.05) is 0 Å². The molecule has 0 saturated heterocycles. The highest BCUT2D eigenvalue weighted by Crippen LogP contribution is 2.17. The highest BCUT2D eigenvalue weighted by Gasteiger charge is 2.13. The van der Waals surface area contributed by atoms with Gasteiger partial charge in [-0.05, 0) is 30.3 Å². The Bertz CT molecular complexity index is 581. The minimum atomic E-state index is -1.05. The predicted octanol–water partition coefficient (Wildman–Crippen LogP) is 2.78. The lowest BCUT2D eigenvalue weighted by Crippen LogP contribution is -2.05. The van der Waals surface area contributed by atoms with Crippen LogP contribution in [0, 0.1) is 11.6 Å². The van der Waals surface area contributed by atoms with Gasteiger partial charge in [-0.15, -0.1) is 0 Å². The predicted molar refractivity (Wildman–Crippen MR) is 60.6 cm³/mol. The van der Waals surface area contributed by atoms with E-state index in [0.29, 0.717) is 5.69 Å². The van der Waals surface area contributed by atoms with E-state index in [1.165, 1.54) is 6.07 Å². The Kier molecular flexibility index (Phi) is 2.87. The van der Waals surface area contributed by atoms with Crippen molar-refractivity contribution in [3.05, 3.63) is 65.2 Å². The maximum absolute atomic E-state index is 13.0. The molecule has 0 spiro atoms. The van der Waals surface area contributed by atoms with Crippen molar-refractivity contribution in [3.8, 4) is 0 Å². The summed E-state index contributed by atoms with van der Waals surface area (Å²) in [6.07, 6.45) is 0. The molecule has 0 aliphatic carbocycles. The largest absolute Gasteiger partial charge is 0.398 e. The summed E-state index contributed by atoms with van der Waals surface area (Å²) >= 11 is 0. The smallest absolute Gasteiger partial charge is 0.195 e. The second-order valence-electron chi connectivity index (χ2n) is 3.55. The molecule has 0 aliphatic rings. The standard InChI is InChI=1S/C13H9F2NO/c14-10-6-5-8(7-11(10)15)13(17)9-3-1-2-4-12(9)16/h1-7H,16H2. The fourth-order valence-electron chi connectivity index (χ4n) is 1.50. The summed E-state index contributed by atoms with van der Waals surface area (Å²) in [7, 11) is 0. The van der Waals surface area contributed by atoms with E-state index in [-0.39, 0.29) is 11.1 Å². The Morgan fingerprint density at radius 3 is 2.35 bits per heavy atom. The fraction of sp³-hybridized carbons (Fsp3) is 0. The third-order valence-electron chi connectivity index (χ3n) is 2.39. The van der Waals surface area contributed by atoms with Gasteiger partial charge in [-0.1, -0.05) is 12.1 Å². The number of para-hydroxylation sites is 1. The molecule has 17 heavy (non-hydrogen) atoms. The first-order valence-electron chi connectivity index (χ1n) is 4.94. The Balaban J connectivity index is 2.44. The first-order chi connectivity index (χ1) is 8.09. The Hall–Kier alpha value is -2.23. The minimum absolute atomic E-state index is 0.0711. The summed E-state index contributed by atoms with van der Waals surface area (Å²) in [5.41, 5.74) is 6.29. The number of nitrogens with two attached hydrogens (primary N) is 1. The van der Waals surface area contributed by atoms with Gasteiger partial charge in [0.1, 0.15) is 0 Å². The third-order valence-corrected chi connectivity index (χ3v) is 2.39. The molecule has 0 atom stereocenters. The molecular formula is C13H9F2NO. The van der Waals surface area contributed by atoms with Gasteiger partial charge in [-0.25, -0.2) is 8.78 Å². The second kappa shape index (κ2) is 4.33. The molecule has 2 aromatic rings. The van der Waals surface area contributed by atoms with Crippen LogP contribution in [-0.2, 0) is 0 Å². The Morgan fingerprint density at radius 1 is 1.00 bits per heavy atom. The zero-order valence-corrected chi connectivity index (χ0v) is 8.78. The molecule has 0 unspecified atom stereocenters. The van der Waals surface area contributed by atoms with Gasteiger partial charge in [0.2, 0.25) is 0 Å². The van der Waals surface area contributed by atoms with Gasteiger partial charge in [-0.2, -0.15) is 0 Å². The van der Waals surface area contributed by atoms with Gasteiger partial charge in [0.15, 0.2) is 17.4 Å². The molecule has 2 N–H and O–H groups in total. The quantitative estimate of drug-likeness (QED) is 0.640. The number of hydrogen-bond acceptors (Lipinski definition) is 2. The van der Waals surface area contributed by atoms with Gasteiger partial charge < -0.3 is 5.73 Å². The summed E-state index contributed by atoms with van der Waals surface area (Å²) in [4.78, 5) is 12.0. The monoisotopic (exact) mass is 233 g/mol. The van der Waals surface area contributed by atoms with Crippen LogP contribution in [0.3, 0.4) is 0 Å². The number of halogens is 2. The zero-order chi connectivity index (χ0) is 12.4. The molecule has 4 heteroatoms. The molecular weight excluding hydrogens is 224 g/mol. The van der Waals surface area contributed by atoms with E-state index in [1.54, 1.807) is 24.3 Å². The molecule has 0 bridgehead atoms. The topological polar surface area (TPSA) is 43.1 Å². The van der Waals surface area contributed by atoms with Crippen molar-refractivity contribution in [1.82, 2.24) is 0 Å². The molecule has 0 radical (unpaired) electrons. The number of nitrogen functional groups attached to an aromatic ring is 1. The van der Waals surface area contributed by atoms with Gasteiger partial charge in [0.05, 0.1) is 0 Å². The average Bonchev–Trinajstić information content (AvgIpc) is 2.32. The Morgan fingerprint density at radius 2 is 1.71 bits per heavy atom. The molecule has 86 valence electrons. The molecule has 0 saturated carbocycles. The van der Waals surface area contributed by atoms with Crippen molar-refractivity contribution >= 4 is 11.5 Å². The molecule has 0 amide bonds. The van der Waals surface area contributed by atoms with E-state index in [0.717, 1.165) is 12.1 Å². The van der Waals surface area contributed by atoms with E-state index >= 15 is 0 Å². The van der Waals surface area contributed by atoms with Crippen LogP contribution in [0.1, 0.15) is 15.9 Å². The van der Waals surface area contributed by atoms with Gasteiger partial charge >= 0.3 is 0 Å². The maximum atomic E-state index is 13.0. The maximum Gasteiger partial charge on any atom is 0.195 e.